The van der Waals surface area contributed by atoms with Crippen LogP contribution in [0.25, 0.3) is 0 Å². The fourth-order valence-electron chi connectivity index (χ4n) is 0.532. The third-order valence-corrected chi connectivity index (χ3v) is 2.14. The molecule has 0 saturated carbocycles. The molecule has 0 bridgehead atoms. The van der Waals surface area contributed by atoms with Gasteiger partial charge < -0.3 is 4.74 Å². The number of rotatable bonds is 4. The predicted octanol–water partition coefficient (Wildman–Crippen LogP) is 3.24. The molecule has 2 nitrogen and oxygen atoms in total. The Morgan fingerprint density at radius 1 is 1.54 bits per heavy atom. The molecule has 0 saturated heterocycles. The van der Waals surface area contributed by atoms with Crippen LogP contribution >= 0.6 is 50.7 Å². The molecule has 0 spiro atoms. The van der Waals surface area contributed by atoms with Gasteiger partial charge in [0.1, 0.15) is 5.76 Å². The van der Waals surface area contributed by atoms with Crippen LogP contribution in [-0.2, 0) is 9.53 Å². The van der Waals surface area contributed by atoms with Crippen molar-refractivity contribution in [1.29, 1.82) is 0 Å². The van der Waals surface area contributed by atoms with Gasteiger partial charge in [0.15, 0.2) is 0 Å². The summed E-state index contributed by atoms with van der Waals surface area (Å²) in [6.07, 6.45) is 1.17. The average molecular weight is 310 g/mol. The van der Waals surface area contributed by atoms with E-state index in [1.54, 1.807) is 6.92 Å². The molecule has 0 amide bonds. The molecule has 0 aromatic heterocycles. The van der Waals surface area contributed by atoms with Gasteiger partial charge >= 0.3 is 0 Å². The van der Waals surface area contributed by atoms with E-state index in [0.29, 0.717) is 17.7 Å². The lowest BCUT2D eigenvalue weighted by Crippen LogP contribution is -2.17. The molecule has 0 atom stereocenters. The molecule has 0 aromatic rings. The van der Waals surface area contributed by atoms with E-state index >= 15 is 0 Å². The summed E-state index contributed by atoms with van der Waals surface area (Å²) < 4.78 is 3.16. The first-order valence-electron chi connectivity index (χ1n) is 3.42. The first kappa shape index (κ1) is 13.6. The number of alkyl halides is 4. The molecular formula is C7H8BrCl3O2. The van der Waals surface area contributed by atoms with Crippen LogP contribution in [0, 0.1) is 0 Å². The summed E-state index contributed by atoms with van der Waals surface area (Å²) in [5, 5.41) is 0.410. The van der Waals surface area contributed by atoms with E-state index in [9.17, 15) is 4.79 Å². The molecule has 0 aliphatic rings. The van der Waals surface area contributed by atoms with Gasteiger partial charge in [-0.15, -0.1) is 0 Å². The number of allylic oxidation sites excluding steroid dienone is 2. The highest BCUT2D eigenvalue weighted by molar-refractivity contribution is 9.09. The summed E-state index contributed by atoms with van der Waals surface area (Å²) >= 11 is 19.2. The van der Waals surface area contributed by atoms with Gasteiger partial charge in [-0.2, -0.15) is 0 Å². The van der Waals surface area contributed by atoms with Gasteiger partial charge in [0, 0.05) is 6.08 Å². The molecule has 0 N–H and O–H groups in total. The molecule has 0 heterocycles. The quantitative estimate of drug-likeness (QED) is 0.453. The Morgan fingerprint density at radius 3 is 2.38 bits per heavy atom. The second-order valence-corrected chi connectivity index (χ2v) is 4.88. The van der Waals surface area contributed by atoms with Gasteiger partial charge in [0.05, 0.1) is 11.9 Å². The molecule has 0 aromatic carbocycles. The van der Waals surface area contributed by atoms with Gasteiger partial charge in [0.2, 0.25) is 5.78 Å². The molecule has 0 radical (unpaired) electrons. The molecule has 0 rings (SSSR count). The molecule has 13 heavy (non-hydrogen) atoms. The second-order valence-electron chi connectivity index (χ2n) is 2.04. The third kappa shape index (κ3) is 5.78. The van der Waals surface area contributed by atoms with Gasteiger partial charge in [-0.3, -0.25) is 4.79 Å². The zero-order chi connectivity index (χ0) is 10.5. The van der Waals surface area contributed by atoms with Crippen molar-refractivity contribution in [1.82, 2.24) is 0 Å². The van der Waals surface area contributed by atoms with Crippen molar-refractivity contribution < 1.29 is 9.53 Å². The summed E-state index contributed by atoms with van der Waals surface area (Å²) in [6.45, 7) is 2.26. The zero-order valence-electron chi connectivity index (χ0n) is 6.82. The Labute approximate surface area is 100 Å². The van der Waals surface area contributed by atoms with Crippen LogP contribution in [0.4, 0.5) is 0 Å². The molecule has 0 aliphatic heterocycles. The Hall–Kier alpha value is 0.560. The van der Waals surface area contributed by atoms with Crippen LogP contribution in [0.15, 0.2) is 11.8 Å². The highest BCUT2D eigenvalue weighted by Crippen LogP contribution is 2.28. The normalized spacial score (nSPS) is 12.8. The minimum Gasteiger partial charge on any atom is -0.497 e. The van der Waals surface area contributed by atoms with Gasteiger partial charge in [-0.05, 0) is 6.92 Å². The topological polar surface area (TPSA) is 26.3 Å². The van der Waals surface area contributed by atoms with E-state index in [4.69, 9.17) is 39.5 Å². The van der Waals surface area contributed by atoms with Crippen LogP contribution in [-0.4, -0.2) is 21.5 Å². The van der Waals surface area contributed by atoms with Crippen LogP contribution in [0.3, 0.4) is 0 Å². The fourth-order valence-corrected chi connectivity index (χ4v) is 1.02. The SMILES string of the molecule is CCO/C(=C\C(=O)C(Cl)(Cl)Cl)CBr. The number of hydrogen-bond acceptors (Lipinski definition) is 2. The minimum absolute atomic E-state index is 0.410. The number of hydrogen-bond donors (Lipinski definition) is 0. The summed E-state index contributed by atoms with van der Waals surface area (Å²) in [6, 6.07) is 0. The van der Waals surface area contributed by atoms with E-state index in [1.807, 2.05) is 0 Å². The van der Waals surface area contributed by atoms with Crippen molar-refractivity contribution >= 4 is 56.5 Å². The number of ketones is 1. The number of halogens is 4. The highest BCUT2D eigenvalue weighted by atomic mass is 79.9. The first-order chi connectivity index (χ1) is 5.91. The smallest absolute Gasteiger partial charge is 0.252 e. The maximum absolute atomic E-state index is 11.1. The van der Waals surface area contributed by atoms with Gasteiger partial charge in [-0.25, -0.2) is 0 Å². The van der Waals surface area contributed by atoms with Crippen molar-refractivity contribution in [2.45, 2.75) is 10.7 Å². The first-order valence-corrected chi connectivity index (χ1v) is 5.67. The van der Waals surface area contributed by atoms with E-state index in [-0.39, 0.29) is 0 Å². The lowest BCUT2D eigenvalue weighted by Gasteiger charge is -2.08. The summed E-state index contributed by atoms with van der Waals surface area (Å²) in [5.41, 5.74) is 0. The molecule has 0 aliphatic carbocycles. The Kier molecular flexibility index (Phi) is 6.38. The van der Waals surface area contributed by atoms with E-state index in [1.165, 1.54) is 6.08 Å². The Balaban J connectivity index is 4.42. The fraction of sp³-hybridized carbons (Fsp3) is 0.571. The summed E-state index contributed by atoms with van der Waals surface area (Å²) in [5.74, 6) is -0.167. The monoisotopic (exact) mass is 308 g/mol. The van der Waals surface area contributed by atoms with E-state index in [0.717, 1.165) is 0 Å². The Bertz CT molecular complexity index is 210. The van der Waals surface area contributed by atoms with E-state index < -0.39 is 9.58 Å². The summed E-state index contributed by atoms with van der Waals surface area (Å²) in [7, 11) is 0. The third-order valence-electron chi connectivity index (χ3n) is 1.03. The number of ether oxygens (including phenoxy) is 1. The number of carbonyl (C=O) groups is 1. The largest absolute Gasteiger partial charge is 0.497 e. The molecule has 76 valence electrons. The van der Waals surface area contributed by atoms with Crippen LogP contribution < -0.4 is 0 Å². The maximum atomic E-state index is 11.1. The van der Waals surface area contributed by atoms with Crippen molar-refractivity contribution in [3.05, 3.63) is 11.8 Å². The maximum Gasteiger partial charge on any atom is 0.252 e. The number of carbonyl (C=O) groups excluding carboxylic acids is 1. The predicted molar refractivity (Wildman–Crippen MR) is 58.8 cm³/mol. The van der Waals surface area contributed by atoms with Crippen molar-refractivity contribution in [3.8, 4) is 0 Å². The van der Waals surface area contributed by atoms with Crippen LogP contribution in [0.1, 0.15) is 6.92 Å². The molecular weight excluding hydrogens is 302 g/mol. The highest BCUT2D eigenvalue weighted by Gasteiger charge is 2.28. The van der Waals surface area contributed by atoms with Crippen molar-refractivity contribution in [2.24, 2.45) is 0 Å². The molecule has 0 unspecified atom stereocenters. The van der Waals surface area contributed by atoms with Crippen molar-refractivity contribution in [3.63, 3.8) is 0 Å². The summed E-state index contributed by atoms with van der Waals surface area (Å²) in [4.78, 5) is 11.1. The van der Waals surface area contributed by atoms with Crippen LogP contribution in [0.5, 0.6) is 0 Å². The zero-order valence-corrected chi connectivity index (χ0v) is 10.7. The lowest BCUT2D eigenvalue weighted by atomic mass is 10.3. The van der Waals surface area contributed by atoms with E-state index in [2.05, 4.69) is 15.9 Å². The molecule has 6 heteroatoms. The van der Waals surface area contributed by atoms with Gasteiger partial charge in [-0.1, -0.05) is 50.7 Å². The lowest BCUT2D eigenvalue weighted by molar-refractivity contribution is -0.114. The minimum atomic E-state index is -1.91. The van der Waals surface area contributed by atoms with Crippen LogP contribution in [0.2, 0.25) is 0 Å². The van der Waals surface area contributed by atoms with Gasteiger partial charge in [0.25, 0.3) is 3.79 Å². The van der Waals surface area contributed by atoms with Crippen molar-refractivity contribution in [2.75, 3.05) is 11.9 Å². The second kappa shape index (κ2) is 6.12. The Morgan fingerprint density at radius 2 is 2.08 bits per heavy atom. The standard InChI is InChI=1S/C7H8BrCl3O2/c1-2-13-5(4-8)3-6(12)7(9,10)11/h3H,2,4H2,1H3/b5-3-. The average Bonchev–Trinajstić information content (AvgIpc) is 2.01. The molecule has 0 fully saturated rings.